The van der Waals surface area contributed by atoms with Gasteiger partial charge in [-0.05, 0) is 135 Å². The molecular weight excluding hydrogens is 1130 g/mol. The Kier molecular flexibility index (Phi) is 16.6. The maximum atomic E-state index is 14.2. The summed E-state index contributed by atoms with van der Waals surface area (Å²) in [5.74, 6) is 1.29. The first-order valence-corrected chi connectivity index (χ1v) is 24.6. The maximum absolute atomic E-state index is 14.2. The van der Waals surface area contributed by atoms with Crippen LogP contribution in [0.1, 0.15) is 77.9 Å². The monoisotopic (exact) mass is 1160 g/mol. The summed E-state index contributed by atoms with van der Waals surface area (Å²) in [5.41, 5.74) is -13.4. The summed E-state index contributed by atoms with van der Waals surface area (Å²) in [6.07, 6.45) is -48.9. The Balaban J connectivity index is 0.000000378. The summed E-state index contributed by atoms with van der Waals surface area (Å²) >= 11 is -7.69. The van der Waals surface area contributed by atoms with E-state index in [0.29, 0.717) is 0 Å². The van der Waals surface area contributed by atoms with Crippen LogP contribution in [0.15, 0.2) is 146 Å². The fraction of sp³-hybridized carbons (Fsp3) is 0.204. The van der Waals surface area contributed by atoms with Crippen molar-refractivity contribution in [3.8, 4) is 0 Å². The van der Waals surface area contributed by atoms with Gasteiger partial charge in [0.05, 0.1) is 67.1 Å². The lowest BCUT2D eigenvalue weighted by atomic mass is 9.84. The summed E-state index contributed by atoms with van der Waals surface area (Å²) < 4.78 is 333. The third-order valence-corrected chi connectivity index (χ3v) is 17.8. The molecule has 0 atom stereocenters. The summed E-state index contributed by atoms with van der Waals surface area (Å²) in [6.45, 7) is 6.38. The van der Waals surface area contributed by atoms with Gasteiger partial charge in [0.1, 0.15) is 0 Å². The van der Waals surface area contributed by atoms with Gasteiger partial charge in [0.25, 0.3) is 13.1 Å². The standard InChI is InChI=1S/C22H21.4C8H3F6.Al/c1-16-4-10-19(11-5-16)22(20-12-6-17(2)7-13-20)21-14-8-18(3)9-15-21;4*9-7(10,11)5-2-1-3-6(4-5)8(12,13)14;/h4-15H,1-3H3;4*2-4H;/q+1;;;;;-1. The molecule has 0 nitrogen and oxygen atoms in total. The van der Waals surface area contributed by atoms with Gasteiger partial charge in [-0.2, -0.15) is 105 Å². The number of alkyl halides is 24. The molecule has 0 aliphatic heterocycles. The Morgan fingerprint density at radius 2 is 0.367 bits per heavy atom. The van der Waals surface area contributed by atoms with Gasteiger partial charge in [0.15, 0.2) is 0 Å². The van der Waals surface area contributed by atoms with Gasteiger partial charge in [0.2, 0.25) is 0 Å². The van der Waals surface area contributed by atoms with Crippen molar-refractivity contribution in [3.05, 3.63) is 229 Å². The molecule has 7 aromatic rings. The average molecular weight is 1160 g/mol. The molecule has 0 N–H and O–H groups in total. The lowest BCUT2D eigenvalue weighted by Gasteiger charge is -2.43. The predicted molar refractivity (Wildman–Crippen MR) is 244 cm³/mol. The third-order valence-electron chi connectivity index (χ3n) is 12.5. The van der Waals surface area contributed by atoms with E-state index in [1.807, 2.05) is 0 Å². The van der Waals surface area contributed by atoms with Crippen molar-refractivity contribution in [1.29, 1.82) is 0 Å². The molecule has 79 heavy (non-hydrogen) atoms. The Bertz CT molecular complexity index is 2730. The van der Waals surface area contributed by atoms with Crippen molar-refractivity contribution in [3.63, 3.8) is 0 Å². The largest absolute Gasteiger partial charge is 0.416 e. The van der Waals surface area contributed by atoms with E-state index in [0.717, 1.165) is 0 Å². The molecule has 7 rings (SSSR count). The number of benzene rings is 7. The Hall–Kier alpha value is -6.74. The Morgan fingerprint density at radius 3 is 0.494 bits per heavy atom. The third kappa shape index (κ3) is 14.2. The highest BCUT2D eigenvalue weighted by Gasteiger charge is 2.49. The van der Waals surface area contributed by atoms with E-state index in [1.165, 1.54) is 39.3 Å². The van der Waals surface area contributed by atoms with Crippen LogP contribution < -0.4 is 17.7 Å². The summed E-state index contributed by atoms with van der Waals surface area (Å²) in [4.78, 5) is 0. The summed E-state index contributed by atoms with van der Waals surface area (Å²) in [7, 11) is 0. The number of halogens is 24. The van der Waals surface area contributed by atoms with Gasteiger partial charge in [-0.1, -0.05) is 48.5 Å². The molecule has 0 saturated carbocycles. The van der Waals surface area contributed by atoms with Crippen LogP contribution in [0.2, 0.25) is 0 Å². The average Bonchev–Trinajstić information content (AvgIpc) is 3.31. The summed E-state index contributed by atoms with van der Waals surface area (Å²) in [5, 5.41) is 0. The predicted octanol–water partition coefficient (Wildman–Crippen LogP) is 16.8. The minimum Gasteiger partial charge on any atom is -0.217 e. The van der Waals surface area contributed by atoms with Crippen molar-refractivity contribution < 1.29 is 105 Å². The highest BCUT2D eigenvalue weighted by Crippen LogP contribution is 2.42. The van der Waals surface area contributed by atoms with E-state index in [-0.39, 0.29) is 0 Å². The minimum absolute atomic E-state index is 0.644. The zero-order chi connectivity index (χ0) is 59.4. The quantitative estimate of drug-likeness (QED) is 0.0646. The van der Waals surface area contributed by atoms with Crippen LogP contribution in [-0.2, 0) is 49.4 Å². The smallest absolute Gasteiger partial charge is 0.217 e. The first-order valence-electron chi connectivity index (χ1n) is 22.3. The molecule has 0 aliphatic carbocycles. The first-order chi connectivity index (χ1) is 35.9. The molecule has 0 aliphatic rings. The van der Waals surface area contributed by atoms with Crippen molar-refractivity contribution in [1.82, 2.24) is 0 Å². The van der Waals surface area contributed by atoms with Crippen LogP contribution in [0, 0.1) is 26.7 Å². The Labute approximate surface area is 434 Å². The molecule has 0 radical (unpaired) electrons. The van der Waals surface area contributed by atoms with Crippen LogP contribution in [0.25, 0.3) is 0 Å². The minimum atomic E-state index is -7.69. The highest BCUT2D eigenvalue weighted by molar-refractivity contribution is 7.20. The Morgan fingerprint density at radius 1 is 0.228 bits per heavy atom. The van der Waals surface area contributed by atoms with E-state index < -0.39 is 197 Å². The van der Waals surface area contributed by atoms with E-state index in [4.69, 9.17) is 0 Å². The van der Waals surface area contributed by atoms with E-state index in [2.05, 4.69) is 93.6 Å². The number of hydrogen-bond acceptors (Lipinski definition) is 0. The second-order valence-electron chi connectivity index (χ2n) is 18.2. The fourth-order valence-corrected chi connectivity index (χ4v) is 14.5. The van der Waals surface area contributed by atoms with Gasteiger partial charge in [-0.3, -0.25) is 0 Å². The second kappa shape index (κ2) is 21.4. The molecule has 0 spiro atoms. The van der Waals surface area contributed by atoms with Gasteiger partial charge < -0.3 is 0 Å². The number of aryl methyl sites for hydroxylation is 3. The highest BCUT2D eigenvalue weighted by atomic mass is 27.2. The van der Waals surface area contributed by atoms with Crippen molar-refractivity contribution in [2.45, 2.75) is 70.2 Å². The van der Waals surface area contributed by atoms with Gasteiger partial charge in [0, 0.05) is 0 Å². The lowest BCUT2D eigenvalue weighted by Crippen LogP contribution is -2.75. The molecule has 0 heterocycles. The van der Waals surface area contributed by atoms with Crippen LogP contribution in [0.3, 0.4) is 0 Å². The van der Waals surface area contributed by atoms with Crippen molar-refractivity contribution in [2.75, 3.05) is 0 Å². The lowest BCUT2D eigenvalue weighted by molar-refractivity contribution is -0.144. The molecule has 25 heteroatoms. The normalized spacial score (nSPS) is 13.3. The fourth-order valence-electron chi connectivity index (χ4n) is 8.73. The van der Waals surface area contributed by atoms with Gasteiger partial charge in [-0.15, -0.1) is 0 Å². The van der Waals surface area contributed by atoms with E-state index in [1.54, 1.807) is 0 Å². The van der Waals surface area contributed by atoms with Crippen LogP contribution in [-0.4, -0.2) is 13.1 Å². The number of hydrogen-bond donors (Lipinski definition) is 0. The number of rotatable bonds is 7. The zero-order valence-electron chi connectivity index (χ0n) is 40.0. The molecule has 0 unspecified atom stereocenters. The molecule has 0 saturated heterocycles. The maximum Gasteiger partial charge on any atom is 0.416 e. The van der Waals surface area contributed by atoms with Gasteiger partial charge >= 0.3 is 49.4 Å². The van der Waals surface area contributed by atoms with E-state index >= 15 is 0 Å². The molecule has 0 aromatic heterocycles. The molecular formula is C54H33AlF24. The van der Waals surface area contributed by atoms with Gasteiger partial charge in [-0.25, -0.2) is 17.7 Å². The van der Waals surface area contributed by atoms with Crippen LogP contribution >= 0.6 is 0 Å². The molecule has 0 amide bonds. The first kappa shape index (κ1) is 61.5. The topological polar surface area (TPSA) is 0 Å². The van der Waals surface area contributed by atoms with Crippen molar-refractivity contribution in [2.24, 2.45) is 0 Å². The second-order valence-corrected chi connectivity index (χ2v) is 22.6. The molecule has 7 aromatic carbocycles. The molecule has 0 fully saturated rings. The SMILES string of the molecule is Cc1ccc([C+](c2ccc(C)cc2)c2ccc(C)cc2)cc1.FC(F)(F)c1cc(C(F)(F)F)c[c]([Al-]([c]2cc(C(F)(F)F)cc(C(F)(F)F)c2)([c]2cc(C(F)(F)F)cc(C(F)(F)F)c2)[c]2cc(C(F)(F)F)cc(C(F)(F)F)c2)c1. The molecule has 0 bridgehead atoms. The molecule has 420 valence electrons. The summed E-state index contributed by atoms with van der Waals surface area (Å²) in [6, 6.07) is 18.0. The van der Waals surface area contributed by atoms with Crippen molar-refractivity contribution >= 4 is 30.8 Å². The zero-order valence-corrected chi connectivity index (χ0v) is 41.2. The van der Waals surface area contributed by atoms with Crippen LogP contribution in [0.4, 0.5) is 105 Å². The van der Waals surface area contributed by atoms with E-state index in [9.17, 15) is 105 Å². The van der Waals surface area contributed by atoms with Crippen LogP contribution in [0.5, 0.6) is 0 Å².